The van der Waals surface area contributed by atoms with Gasteiger partial charge < -0.3 is 0 Å². The number of halogens is 3. The molecule has 0 bridgehead atoms. The molecule has 0 N–H and O–H groups in total. The zero-order valence-corrected chi connectivity index (χ0v) is 11.3. The quantitative estimate of drug-likeness (QED) is 0.729. The fourth-order valence-electron chi connectivity index (χ4n) is 1.64. The Bertz CT molecular complexity index is 740. The highest BCUT2D eigenvalue weighted by atomic mass is 35.5. The summed E-state index contributed by atoms with van der Waals surface area (Å²) >= 11 is 11.7. The standard InChI is InChI=1S/C12H6Cl2FN5/c13-8-3-7(4-9(15)5-8)10-17-11(14)19-12(18-10)20-2-1-16-6-20/h1-6H. The van der Waals surface area contributed by atoms with E-state index in [0.717, 1.165) is 0 Å². The summed E-state index contributed by atoms with van der Waals surface area (Å²) in [6, 6.07) is 4.02. The Morgan fingerprint density at radius 1 is 1.05 bits per heavy atom. The average Bonchev–Trinajstić information content (AvgIpc) is 2.90. The molecule has 2 aromatic heterocycles. The van der Waals surface area contributed by atoms with E-state index >= 15 is 0 Å². The van der Waals surface area contributed by atoms with E-state index in [4.69, 9.17) is 23.2 Å². The Kier molecular flexibility index (Phi) is 3.33. The molecule has 20 heavy (non-hydrogen) atoms. The fraction of sp³-hybridized carbons (Fsp3) is 0. The van der Waals surface area contributed by atoms with Gasteiger partial charge in [0, 0.05) is 23.0 Å². The van der Waals surface area contributed by atoms with Gasteiger partial charge >= 0.3 is 0 Å². The van der Waals surface area contributed by atoms with E-state index in [0.29, 0.717) is 5.56 Å². The summed E-state index contributed by atoms with van der Waals surface area (Å²) in [5.41, 5.74) is 0.417. The molecule has 0 aliphatic rings. The predicted octanol–water partition coefficient (Wildman–Crippen LogP) is 3.17. The lowest BCUT2D eigenvalue weighted by Crippen LogP contribution is -2.03. The Morgan fingerprint density at radius 3 is 2.60 bits per heavy atom. The lowest BCUT2D eigenvalue weighted by atomic mass is 10.2. The van der Waals surface area contributed by atoms with Crippen LogP contribution in [0.5, 0.6) is 0 Å². The number of hydrogen-bond acceptors (Lipinski definition) is 4. The van der Waals surface area contributed by atoms with Crippen molar-refractivity contribution in [2.24, 2.45) is 0 Å². The normalized spacial score (nSPS) is 10.8. The minimum atomic E-state index is -0.479. The number of rotatable bonds is 2. The van der Waals surface area contributed by atoms with Gasteiger partial charge in [-0.1, -0.05) is 11.6 Å². The number of aromatic nitrogens is 5. The molecule has 0 amide bonds. The van der Waals surface area contributed by atoms with E-state index in [2.05, 4.69) is 19.9 Å². The Labute approximate surface area is 123 Å². The first kappa shape index (κ1) is 13.0. The molecule has 1 aromatic carbocycles. The summed E-state index contributed by atoms with van der Waals surface area (Å²) in [5, 5.41) is 0.250. The molecule has 3 rings (SSSR count). The van der Waals surface area contributed by atoms with Crippen LogP contribution in [0.25, 0.3) is 17.3 Å². The molecule has 3 aromatic rings. The minimum absolute atomic E-state index is 0.000848. The van der Waals surface area contributed by atoms with Crippen LogP contribution in [0.2, 0.25) is 10.3 Å². The van der Waals surface area contributed by atoms with Crippen LogP contribution in [0.15, 0.2) is 36.9 Å². The van der Waals surface area contributed by atoms with E-state index in [1.54, 1.807) is 23.0 Å². The van der Waals surface area contributed by atoms with Gasteiger partial charge in [-0.3, -0.25) is 4.57 Å². The summed E-state index contributed by atoms with van der Waals surface area (Å²) in [4.78, 5) is 16.1. The van der Waals surface area contributed by atoms with Gasteiger partial charge in [0.25, 0.3) is 0 Å². The van der Waals surface area contributed by atoms with Gasteiger partial charge in [0.2, 0.25) is 11.2 Å². The third-order valence-corrected chi connectivity index (χ3v) is 2.84. The van der Waals surface area contributed by atoms with Crippen molar-refractivity contribution < 1.29 is 4.39 Å². The van der Waals surface area contributed by atoms with E-state index in [9.17, 15) is 4.39 Å². The highest BCUT2D eigenvalue weighted by molar-refractivity contribution is 6.30. The van der Waals surface area contributed by atoms with Crippen LogP contribution in [-0.4, -0.2) is 24.5 Å². The van der Waals surface area contributed by atoms with E-state index in [1.165, 1.54) is 18.5 Å². The van der Waals surface area contributed by atoms with Crippen molar-refractivity contribution >= 4 is 23.2 Å². The van der Waals surface area contributed by atoms with Crippen LogP contribution < -0.4 is 0 Å². The minimum Gasteiger partial charge on any atom is -0.274 e. The molecule has 0 unspecified atom stereocenters. The summed E-state index contributed by atoms with van der Waals surface area (Å²) in [6.07, 6.45) is 4.76. The smallest absolute Gasteiger partial charge is 0.239 e. The molecule has 0 atom stereocenters. The largest absolute Gasteiger partial charge is 0.274 e. The van der Waals surface area contributed by atoms with E-state index < -0.39 is 5.82 Å². The molecule has 0 aliphatic carbocycles. The second-order valence-electron chi connectivity index (χ2n) is 3.86. The highest BCUT2D eigenvalue weighted by Gasteiger charge is 2.10. The molecule has 0 radical (unpaired) electrons. The number of benzene rings is 1. The van der Waals surface area contributed by atoms with Gasteiger partial charge in [-0.15, -0.1) is 0 Å². The maximum absolute atomic E-state index is 13.4. The molecule has 5 nitrogen and oxygen atoms in total. The van der Waals surface area contributed by atoms with Gasteiger partial charge in [0.15, 0.2) is 5.82 Å². The molecule has 0 spiro atoms. The number of imidazole rings is 1. The lowest BCUT2D eigenvalue weighted by Gasteiger charge is -2.05. The zero-order valence-electron chi connectivity index (χ0n) is 9.83. The van der Waals surface area contributed by atoms with Gasteiger partial charge in [-0.2, -0.15) is 15.0 Å². The SMILES string of the molecule is Fc1cc(Cl)cc(-c2nc(Cl)nc(-n3ccnc3)n2)c1. The molecule has 0 saturated heterocycles. The molecule has 2 heterocycles. The maximum atomic E-state index is 13.4. The zero-order chi connectivity index (χ0) is 14.1. The Morgan fingerprint density at radius 2 is 1.90 bits per heavy atom. The predicted molar refractivity (Wildman–Crippen MR) is 72.4 cm³/mol. The Balaban J connectivity index is 2.14. The summed E-state index contributed by atoms with van der Waals surface area (Å²) in [7, 11) is 0. The molecule has 8 heteroatoms. The van der Waals surface area contributed by atoms with Crippen molar-refractivity contribution in [2.45, 2.75) is 0 Å². The van der Waals surface area contributed by atoms with E-state index in [1.807, 2.05) is 0 Å². The monoisotopic (exact) mass is 309 g/mol. The van der Waals surface area contributed by atoms with Crippen LogP contribution in [0.3, 0.4) is 0 Å². The fourth-order valence-corrected chi connectivity index (χ4v) is 2.02. The van der Waals surface area contributed by atoms with Crippen LogP contribution in [0.1, 0.15) is 0 Å². The van der Waals surface area contributed by atoms with Gasteiger partial charge in [-0.25, -0.2) is 9.37 Å². The lowest BCUT2D eigenvalue weighted by molar-refractivity contribution is 0.628. The second-order valence-corrected chi connectivity index (χ2v) is 4.63. The van der Waals surface area contributed by atoms with Crippen molar-refractivity contribution in [3.63, 3.8) is 0 Å². The summed E-state index contributed by atoms with van der Waals surface area (Å²) in [5.74, 6) is 0.0428. The second kappa shape index (κ2) is 5.15. The van der Waals surface area contributed by atoms with Gasteiger partial charge in [-0.05, 0) is 29.8 Å². The first-order chi connectivity index (χ1) is 9.61. The van der Waals surface area contributed by atoms with Crippen molar-refractivity contribution in [1.82, 2.24) is 24.5 Å². The van der Waals surface area contributed by atoms with Crippen LogP contribution in [-0.2, 0) is 0 Å². The van der Waals surface area contributed by atoms with Crippen molar-refractivity contribution in [1.29, 1.82) is 0 Å². The Hall–Kier alpha value is -2.05. The summed E-state index contributed by atoms with van der Waals surface area (Å²) < 4.78 is 15.0. The summed E-state index contributed by atoms with van der Waals surface area (Å²) in [6.45, 7) is 0. The first-order valence-electron chi connectivity index (χ1n) is 5.48. The van der Waals surface area contributed by atoms with Gasteiger partial charge in [0.05, 0.1) is 0 Å². The number of nitrogens with zero attached hydrogens (tertiary/aromatic N) is 5. The molecule has 0 saturated carbocycles. The van der Waals surface area contributed by atoms with Crippen LogP contribution >= 0.6 is 23.2 Å². The molecule has 0 aliphatic heterocycles. The molecule has 100 valence electrons. The van der Waals surface area contributed by atoms with Crippen LogP contribution in [0.4, 0.5) is 4.39 Å². The van der Waals surface area contributed by atoms with Crippen molar-refractivity contribution in [3.05, 3.63) is 53.0 Å². The molecule has 0 fully saturated rings. The van der Waals surface area contributed by atoms with Crippen molar-refractivity contribution in [3.8, 4) is 17.3 Å². The molecular formula is C12H6Cl2FN5. The highest BCUT2D eigenvalue weighted by Crippen LogP contribution is 2.23. The third kappa shape index (κ3) is 2.61. The topological polar surface area (TPSA) is 56.5 Å². The first-order valence-corrected chi connectivity index (χ1v) is 6.24. The third-order valence-electron chi connectivity index (χ3n) is 2.45. The molecular weight excluding hydrogens is 304 g/mol. The van der Waals surface area contributed by atoms with Crippen molar-refractivity contribution in [2.75, 3.05) is 0 Å². The van der Waals surface area contributed by atoms with Crippen LogP contribution in [0, 0.1) is 5.82 Å². The van der Waals surface area contributed by atoms with E-state index in [-0.39, 0.29) is 22.1 Å². The average molecular weight is 310 g/mol. The number of hydrogen-bond donors (Lipinski definition) is 0. The van der Waals surface area contributed by atoms with Gasteiger partial charge in [0.1, 0.15) is 12.1 Å². The maximum Gasteiger partial charge on any atom is 0.239 e.